The van der Waals surface area contributed by atoms with Crippen molar-refractivity contribution in [3.05, 3.63) is 55.5 Å². The molecule has 1 heterocycles. The van der Waals surface area contributed by atoms with Gasteiger partial charge in [0, 0.05) is 12.1 Å². The van der Waals surface area contributed by atoms with Gasteiger partial charge in [-0.05, 0) is 45.8 Å². The second kappa shape index (κ2) is 7.20. The van der Waals surface area contributed by atoms with Crippen molar-refractivity contribution in [3.63, 3.8) is 0 Å². The van der Waals surface area contributed by atoms with Crippen molar-refractivity contribution in [2.75, 3.05) is 14.2 Å². The van der Waals surface area contributed by atoms with E-state index in [1.54, 1.807) is 20.3 Å². The molecule has 2 aromatic carbocycles. The Hall–Kier alpha value is -2.45. The van der Waals surface area contributed by atoms with Crippen molar-refractivity contribution in [1.29, 1.82) is 0 Å². The van der Waals surface area contributed by atoms with Gasteiger partial charge in [-0.3, -0.25) is 10.1 Å². The predicted octanol–water partition coefficient (Wildman–Crippen LogP) is 5.15. The lowest BCUT2D eigenvalue weighted by Crippen LogP contribution is -1.92. The van der Waals surface area contributed by atoms with Gasteiger partial charge in [0.1, 0.15) is 5.01 Å². The first-order valence-corrected chi connectivity index (χ1v) is 8.77. The molecule has 3 aromatic rings. The van der Waals surface area contributed by atoms with Crippen molar-refractivity contribution in [3.8, 4) is 11.5 Å². The summed E-state index contributed by atoms with van der Waals surface area (Å²) in [6, 6.07) is 8.46. The second-order valence-electron chi connectivity index (χ2n) is 5.03. The van der Waals surface area contributed by atoms with Crippen LogP contribution in [0.15, 0.2) is 34.8 Å². The van der Waals surface area contributed by atoms with Gasteiger partial charge in [0.05, 0.1) is 33.8 Å². The largest absolute Gasteiger partial charge is 0.493 e. The van der Waals surface area contributed by atoms with Crippen LogP contribution in [0.5, 0.6) is 11.5 Å². The van der Waals surface area contributed by atoms with E-state index in [0.29, 0.717) is 17.0 Å². The average Bonchev–Trinajstić information content (AvgIpc) is 3.01. The molecule has 25 heavy (non-hydrogen) atoms. The summed E-state index contributed by atoms with van der Waals surface area (Å²) >= 11 is 4.93. The zero-order valence-electron chi connectivity index (χ0n) is 13.4. The van der Waals surface area contributed by atoms with Crippen molar-refractivity contribution in [2.45, 2.75) is 0 Å². The highest BCUT2D eigenvalue weighted by Crippen LogP contribution is 2.37. The molecule has 0 aliphatic carbocycles. The number of thiazole rings is 1. The van der Waals surface area contributed by atoms with Gasteiger partial charge in [-0.15, -0.1) is 11.3 Å². The van der Waals surface area contributed by atoms with Gasteiger partial charge in [0.25, 0.3) is 5.69 Å². The molecule has 1 aromatic heterocycles. The summed E-state index contributed by atoms with van der Waals surface area (Å²) in [5, 5.41) is 11.6. The Kier molecular flexibility index (Phi) is 5.00. The highest BCUT2D eigenvalue weighted by molar-refractivity contribution is 9.10. The Bertz CT molecular complexity index is 984. The number of hydrogen-bond donors (Lipinski definition) is 0. The molecule has 0 aliphatic rings. The van der Waals surface area contributed by atoms with Crippen molar-refractivity contribution < 1.29 is 14.4 Å². The highest BCUT2D eigenvalue weighted by atomic mass is 79.9. The number of fused-ring (bicyclic) bond motifs is 1. The molecule has 0 saturated carbocycles. The van der Waals surface area contributed by atoms with Crippen LogP contribution in [0, 0.1) is 10.1 Å². The minimum atomic E-state index is -0.421. The number of benzene rings is 2. The summed E-state index contributed by atoms with van der Waals surface area (Å²) < 4.78 is 12.3. The molecule has 0 amide bonds. The van der Waals surface area contributed by atoms with Gasteiger partial charge in [-0.25, -0.2) is 4.98 Å². The van der Waals surface area contributed by atoms with Crippen LogP contribution in [0.2, 0.25) is 0 Å². The molecule has 6 nitrogen and oxygen atoms in total. The molecule has 0 bridgehead atoms. The molecule has 0 N–H and O–H groups in total. The van der Waals surface area contributed by atoms with Crippen LogP contribution in [0.1, 0.15) is 10.6 Å². The number of rotatable bonds is 5. The van der Waals surface area contributed by atoms with Gasteiger partial charge in [-0.2, -0.15) is 0 Å². The number of aromatic nitrogens is 1. The SMILES string of the molecule is COc1cc(C=Cc2nc3cc([N+](=O)[O-])ccc3s2)cc(Br)c1OC. The molecule has 3 rings (SSSR count). The lowest BCUT2D eigenvalue weighted by Gasteiger charge is -2.10. The van der Waals surface area contributed by atoms with Gasteiger partial charge in [0.15, 0.2) is 11.5 Å². The number of nitrogens with zero attached hydrogens (tertiary/aromatic N) is 2. The van der Waals surface area contributed by atoms with E-state index in [-0.39, 0.29) is 5.69 Å². The third-order valence-electron chi connectivity index (χ3n) is 3.47. The maximum absolute atomic E-state index is 10.8. The fraction of sp³-hybridized carbons (Fsp3) is 0.118. The maximum atomic E-state index is 10.8. The first-order chi connectivity index (χ1) is 12.0. The van der Waals surface area contributed by atoms with E-state index in [0.717, 1.165) is 19.7 Å². The monoisotopic (exact) mass is 420 g/mol. The summed E-state index contributed by atoms with van der Waals surface area (Å²) in [5.74, 6) is 1.25. The molecule has 0 atom stereocenters. The summed E-state index contributed by atoms with van der Waals surface area (Å²) in [6.07, 6.45) is 3.77. The van der Waals surface area contributed by atoms with E-state index in [2.05, 4.69) is 20.9 Å². The minimum Gasteiger partial charge on any atom is -0.493 e. The van der Waals surface area contributed by atoms with Crippen molar-refractivity contribution in [2.24, 2.45) is 0 Å². The fourth-order valence-corrected chi connectivity index (χ4v) is 3.79. The summed E-state index contributed by atoms with van der Waals surface area (Å²) in [5.41, 5.74) is 1.57. The smallest absolute Gasteiger partial charge is 0.271 e. The Morgan fingerprint density at radius 3 is 2.68 bits per heavy atom. The third kappa shape index (κ3) is 3.64. The lowest BCUT2D eigenvalue weighted by molar-refractivity contribution is -0.384. The normalized spacial score (nSPS) is 11.2. The number of nitro groups is 1. The maximum Gasteiger partial charge on any atom is 0.271 e. The van der Waals surface area contributed by atoms with E-state index in [1.807, 2.05) is 24.3 Å². The van der Waals surface area contributed by atoms with Crippen LogP contribution in [-0.2, 0) is 0 Å². The van der Waals surface area contributed by atoms with E-state index < -0.39 is 4.92 Å². The first-order valence-electron chi connectivity index (χ1n) is 7.16. The van der Waals surface area contributed by atoms with Crippen LogP contribution in [0.25, 0.3) is 22.4 Å². The van der Waals surface area contributed by atoms with Crippen LogP contribution in [0.3, 0.4) is 0 Å². The summed E-state index contributed by atoms with van der Waals surface area (Å²) in [4.78, 5) is 14.9. The van der Waals surface area contributed by atoms with Crippen LogP contribution in [0.4, 0.5) is 5.69 Å². The molecule has 0 fully saturated rings. The van der Waals surface area contributed by atoms with E-state index in [4.69, 9.17) is 9.47 Å². The van der Waals surface area contributed by atoms with Gasteiger partial charge in [0.2, 0.25) is 0 Å². The van der Waals surface area contributed by atoms with E-state index in [1.165, 1.54) is 23.5 Å². The number of nitro benzene ring substituents is 1. The number of ether oxygens (including phenoxy) is 2. The number of hydrogen-bond acceptors (Lipinski definition) is 6. The molecule has 0 spiro atoms. The van der Waals surface area contributed by atoms with Crippen LogP contribution in [-0.4, -0.2) is 24.1 Å². The highest BCUT2D eigenvalue weighted by Gasteiger charge is 2.11. The van der Waals surface area contributed by atoms with Gasteiger partial charge < -0.3 is 9.47 Å². The molecular formula is C17H13BrN2O4S. The Labute approximate surface area is 156 Å². The lowest BCUT2D eigenvalue weighted by atomic mass is 10.2. The zero-order chi connectivity index (χ0) is 18.0. The predicted molar refractivity (Wildman–Crippen MR) is 102 cm³/mol. The Morgan fingerprint density at radius 1 is 1.20 bits per heavy atom. The van der Waals surface area contributed by atoms with E-state index >= 15 is 0 Å². The second-order valence-corrected chi connectivity index (χ2v) is 6.95. The minimum absolute atomic E-state index is 0.0390. The molecule has 0 aliphatic heterocycles. The number of non-ortho nitro benzene ring substituents is 1. The number of halogens is 1. The summed E-state index contributed by atoms with van der Waals surface area (Å²) in [7, 11) is 3.16. The topological polar surface area (TPSA) is 74.5 Å². The number of methoxy groups -OCH3 is 2. The van der Waals surface area contributed by atoms with E-state index in [9.17, 15) is 10.1 Å². The molecular weight excluding hydrogens is 408 g/mol. The van der Waals surface area contributed by atoms with Crippen LogP contribution < -0.4 is 9.47 Å². The quantitative estimate of drug-likeness (QED) is 0.421. The molecule has 0 saturated heterocycles. The van der Waals surface area contributed by atoms with Crippen molar-refractivity contribution in [1.82, 2.24) is 4.98 Å². The molecule has 8 heteroatoms. The third-order valence-corrected chi connectivity index (χ3v) is 5.06. The molecule has 0 radical (unpaired) electrons. The molecule has 128 valence electrons. The Morgan fingerprint density at radius 2 is 2.00 bits per heavy atom. The van der Waals surface area contributed by atoms with Crippen molar-refractivity contribution >= 4 is 55.3 Å². The standard InChI is InChI=1S/C17H13BrN2O4S/c1-23-14-8-10(7-12(18)17(14)24-2)3-6-16-19-13-9-11(20(21)22)4-5-15(13)25-16/h3-9H,1-2H3. The van der Waals surface area contributed by atoms with Crippen LogP contribution >= 0.6 is 27.3 Å². The zero-order valence-corrected chi connectivity index (χ0v) is 15.8. The van der Waals surface area contributed by atoms with Gasteiger partial charge >= 0.3 is 0 Å². The average molecular weight is 421 g/mol. The summed E-state index contributed by atoms with van der Waals surface area (Å²) in [6.45, 7) is 0. The molecule has 0 unspecified atom stereocenters. The van der Waals surface area contributed by atoms with Gasteiger partial charge in [-0.1, -0.05) is 6.08 Å². The Balaban J connectivity index is 1.93. The first kappa shape index (κ1) is 17.4. The fourth-order valence-electron chi connectivity index (χ4n) is 2.32.